The summed E-state index contributed by atoms with van der Waals surface area (Å²) in [6.45, 7) is 3.98. The summed E-state index contributed by atoms with van der Waals surface area (Å²) < 4.78 is 5.72. The van der Waals surface area contributed by atoms with Gasteiger partial charge in [0, 0.05) is 37.0 Å². The van der Waals surface area contributed by atoms with E-state index in [4.69, 9.17) is 14.7 Å². The minimum Gasteiger partial charge on any atom is -0.490 e. The van der Waals surface area contributed by atoms with Crippen LogP contribution in [0.5, 0.6) is 5.75 Å². The monoisotopic (exact) mass is 436 g/mol. The normalized spacial score (nSPS) is 23.2. The van der Waals surface area contributed by atoms with Crippen molar-refractivity contribution in [3.8, 4) is 17.3 Å². The molecule has 2 aromatic rings. The molecule has 2 aromatic heterocycles. The molecule has 170 valence electrons. The van der Waals surface area contributed by atoms with Gasteiger partial charge in [0.25, 0.3) is 0 Å². The smallest absolute Gasteiger partial charge is 0.180 e. The highest BCUT2D eigenvalue weighted by Gasteiger charge is 2.56. The van der Waals surface area contributed by atoms with Gasteiger partial charge in [0.1, 0.15) is 23.9 Å². The van der Waals surface area contributed by atoms with Crippen molar-refractivity contribution in [1.29, 1.82) is 0 Å². The van der Waals surface area contributed by atoms with Gasteiger partial charge < -0.3 is 14.7 Å². The molecule has 32 heavy (non-hydrogen) atoms. The number of fused-ring (bicyclic) bond motifs is 1. The number of anilines is 1. The van der Waals surface area contributed by atoms with Crippen molar-refractivity contribution in [2.24, 2.45) is 11.3 Å². The first-order valence-corrected chi connectivity index (χ1v) is 11.6. The van der Waals surface area contributed by atoms with Gasteiger partial charge in [0.05, 0.1) is 12.1 Å². The molecule has 1 N–H and O–H groups in total. The van der Waals surface area contributed by atoms with Crippen LogP contribution in [0.1, 0.15) is 57.2 Å². The van der Waals surface area contributed by atoms with E-state index in [9.17, 15) is 9.90 Å². The molecule has 0 spiro atoms. The second-order valence-electron chi connectivity index (χ2n) is 10.7. The summed E-state index contributed by atoms with van der Waals surface area (Å²) in [5.41, 5.74) is 2.24. The van der Waals surface area contributed by atoms with E-state index in [1.807, 2.05) is 11.9 Å². The number of hydrogen-bond acceptors (Lipinski definition) is 7. The Morgan fingerprint density at radius 2 is 2.06 bits per heavy atom. The predicted octanol–water partition coefficient (Wildman–Crippen LogP) is 3.37. The van der Waals surface area contributed by atoms with E-state index >= 15 is 0 Å². The maximum Gasteiger partial charge on any atom is 0.180 e. The number of carbonyl (C=O) groups is 1. The van der Waals surface area contributed by atoms with Crippen LogP contribution in [0.25, 0.3) is 11.5 Å². The number of hydrogen-bond donors (Lipinski definition) is 1. The first-order chi connectivity index (χ1) is 15.2. The largest absolute Gasteiger partial charge is 0.490 e. The Morgan fingerprint density at radius 3 is 2.75 bits per heavy atom. The fourth-order valence-electron chi connectivity index (χ4n) is 5.41. The van der Waals surface area contributed by atoms with Gasteiger partial charge in [-0.1, -0.05) is 0 Å². The lowest BCUT2D eigenvalue weighted by Crippen LogP contribution is -2.53. The third-order valence-electron chi connectivity index (χ3n) is 6.98. The highest BCUT2D eigenvalue weighted by molar-refractivity contribution is 5.84. The number of aromatic nitrogens is 3. The SMILES string of the molecule is CN(CC(=O)CC12CC(C1)C2)c1nc(-c2cc(OCC(C)(C)O)ccn2)nc2c1CCC2. The van der Waals surface area contributed by atoms with Crippen molar-refractivity contribution in [2.75, 3.05) is 25.1 Å². The molecule has 3 saturated carbocycles. The van der Waals surface area contributed by atoms with E-state index in [0.29, 0.717) is 41.4 Å². The Morgan fingerprint density at radius 1 is 1.28 bits per heavy atom. The summed E-state index contributed by atoms with van der Waals surface area (Å²) in [5, 5.41) is 9.93. The zero-order valence-electron chi connectivity index (χ0n) is 19.2. The number of ether oxygens (including phenoxy) is 1. The number of carbonyl (C=O) groups excluding carboxylic acids is 1. The number of ketones is 1. The lowest BCUT2D eigenvalue weighted by atomic mass is 9.43. The van der Waals surface area contributed by atoms with E-state index in [0.717, 1.165) is 42.3 Å². The van der Waals surface area contributed by atoms with Crippen molar-refractivity contribution < 1.29 is 14.6 Å². The van der Waals surface area contributed by atoms with Crippen LogP contribution in [0.15, 0.2) is 18.3 Å². The molecule has 0 amide bonds. The fraction of sp³-hybridized carbons (Fsp3) is 0.600. The zero-order chi connectivity index (χ0) is 22.5. The molecule has 0 aromatic carbocycles. The highest BCUT2D eigenvalue weighted by atomic mass is 16.5. The molecule has 3 fully saturated rings. The topological polar surface area (TPSA) is 88.4 Å². The maximum atomic E-state index is 12.8. The van der Waals surface area contributed by atoms with Gasteiger partial charge >= 0.3 is 0 Å². The molecule has 0 saturated heterocycles. The van der Waals surface area contributed by atoms with E-state index in [1.165, 1.54) is 19.3 Å². The second kappa shape index (κ2) is 7.80. The quantitative estimate of drug-likeness (QED) is 0.645. The second-order valence-corrected chi connectivity index (χ2v) is 10.7. The molecule has 2 heterocycles. The van der Waals surface area contributed by atoms with Gasteiger partial charge in [0.15, 0.2) is 11.6 Å². The number of aryl methyl sites for hydroxylation is 1. The van der Waals surface area contributed by atoms with Gasteiger partial charge in [-0.2, -0.15) is 0 Å². The van der Waals surface area contributed by atoms with Crippen molar-refractivity contribution in [2.45, 2.75) is 64.4 Å². The Hall–Kier alpha value is -2.54. The Kier molecular flexibility index (Phi) is 5.19. The van der Waals surface area contributed by atoms with Crippen molar-refractivity contribution in [3.05, 3.63) is 29.6 Å². The van der Waals surface area contributed by atoms with Gasteiger partial charge in [0.2, 0.25) is 0 Å². The van der Waals surface area contributed by atoms with Crippen molar-refractivity contribution in [3.63, 3.8) is 0 Å². The number of aliphatic hydroxyl groups is 1. The number of likely N-dealkylation sites (N-methyl/N-ethyl adjacent to an activating group) is 1. The number of rotatable bonds is 9. The van der Waals surface area contributed by atoms with Gasteiger partial charge in [-0.25, -0.2) is 9.97 Å². The molecule has 7 nitrogen and oxygen atoms in total. The molecule has 0 aliphatic heterocycles. The summed E-state index contributed by atoms with van der Waals surface area (Å²) in [5.74, 6) is 3.21. The van der Waals surface area contributed by atoms with Gasteiger partial charge in [-0.15, -0.1) is 0 Å². The van der Waals surface area contributed by atoms with Crippen LogP contribution < -0.4 is 9.64 Å². The molecule has 7 heteroatoms. The van der Waals surface area contributed by atoms with Gasteiger partial charge in [-0.05, 0) is 69.8 Å². The van der Waals surface area contributed by atoms with Crippen molar-refractivity contribution >= 4 is 11.6 Å². The average Bonchev–Trinajstić information content (AvgIpc) is 3.16. The van der Waals surface area contributed by atoms with Crippen LogP contribution in [-0.2, 0) is 17.6 Å². The summed E-state index contributed by atoms with van der Waals surface area (Å²) >= 11 is 0. The molecule has 2 bridgehead atoms. The summed E-state index contributed by atoms with van der Waals surface area (Å²) in [6.07, 6.45) is 9.01. The molecule has 0 radical (unpaired) electrons. The van der Waals surface area contributed by atoms with Crippen LogP contribution in [0.4, 0.5) is 5.82 Å². The molecule has 0 atom stereocenters. The van der Waals surface area contributed by atoms with E-state index < -0.39 is 5.60 Å². The predicted molar refractivity (Wildman–Crippen MR) is 122 cm³/mol. The van der Waals surface area contributed by atoms with E-state index in [-0.39, 0.29) is 6.61 Å². The first kappa shape index (κ1) is 21.3. The Bertz CT molecular complexity index is 1030. The summed E-state index contributed by atoms with van der Waals surface area (Å²) in [4.78, 5) is 28.9. The average molecular weight is 437 g/mol. The molecule has 6 rings (SSSR count). The molecule has 0 unspecified atom stereocenters. The van der Waals surface area contributed by atoms with Crippen LogP contribution in [0.2, 0.25) is 0 Å². The zero-order valence-corrected chi connectivity index (χ0v) is 19.2. The number of pyridine rings is 1. The molecular formula is C25H32N4O3. The van der Waals surface area contributed by atoms with Gasteiger partial charge in [-0.3, -0.25) is 9.78 Å². The molecule has 4 aliphatic carbocycles. The minimum atomic E-state index is -0.921. The third kappa shape index (κ3) is 4.22. The van der Waals surface area contributed by atoms with Crippen LogP contribution in [0, 0.1) is 11.3 Å². The van der Waals surface area contributed by atoms with E-state index in [1.54, 1.807) is 32.2 Å². The van der Waals surface area contributed by atoms with Crippen LogP contribution in [-0.4, -0.2) is 51.6 Å². The standard InChI is InChI=1S/C25H32N4O3/c1-24(2,31)15-32-18-7-8-26-21(9-18)22-27-20-6-4-5-19(20)23(28-22)29(3)14-17(30)13-25-10-16(11-25)12-25/h7-9,16,31H,4-6,10-15H2,1-3H3. The van der Waals surface area contributed by atoms with Crippen LogP contribution in [0.3, 0.4) is 0 Å². The lowest BCUT2D eigenvalue weighted by Gasteiger charge is -2.62. The Labute approximate surface area is 189 Å². The molecule has 4 aliphatic rings. The molecular weight excluding hydrogens is 404 g/mol. The number of nitrogens with zero attached hydrogens (tertiary/aromatic N) is 4. The summed E-state index contributed by atoms with van der Waals surface area (Å²) in [6, 6.07) is 3.57. The third-order valence-corrected chi connectivity index (χ3v) is 6.98. The lowest BCUT2D eigenvalue weighted by molar-refractivity contribution is -0.141. The maximum absolute atomic E-state index is 12.8. The number of Topliss-reactive ketones (excluding diaryl/α,β-unsaturated/α-hetero) is 1. The summed E-state index contributed by atoms with van der Waals surface area (Å²) in [7, 11) is 1.96. The first-order valence-electron chi connectivity index (χ1n) is 11.6. The fourth-order valence-corrected chi connectivity index (χ4v) is 5.41. The van der Waals surface area contributed by atoms with Crippen LogP contribution >= 0.6 is 0 Å². The Balaban J connectivity index is 1.36. The minimum absolute atomic E-state index is 0.180. The van der Waals surface area contributed by atoms with E-state index in [2.05, 4.69) is 4.98 Å². The van der Waals surface area contributed by atoms with Crippen molar-refractivity contribution in [1.82, 2.24) is 15.0 Å². The highest BCUT2D eigenvalue weighted by Crippen LogP contribution is 2.66.